The normalized spacial score (nSPS) is 20.0. The zero-order valence-corrected chi connectivity index (χ0v) is 9.54. The van der Waals surface area contributed by atoms with E-state index in [4.69, 9.17) is 9.47 Å². The molecule has 1 aliphatic heterocycles. The van der Waals surface area contributed by atoms with Crippen LogP contribution in [0.1, 0.15) is 40.0 Å². The molecule has 1 heterocycles. The maximum absolute atomic E-state index is 11.6. The largest absolute Gasteiger partial charge is 0.427 e. The summed E-state index contributed by atoms with van der Waals surface area (Å²) >= 11 is 0. The predicted octanol–water partition coefficient (Wildman–Crippen LogP) is 1.88. The summed E-state index contributed by atoms with van der Waals surface area (Å²) in [5.74, 6) is -0.403. The summed E-state index contributed by atoms with van der Waals surface area (Å²) in [4.78, 5) is 23.3. The van der Waals surface area contributed by atoms with Crippen molar-refractivity contribution in [2.45, 2.75) is 40.0 Å². The second-order valence-corrected chi connectivity index (χ2v) is 4.35. The van der Waals surface area contributed by atoms with Gasteiger partial charge < -0.3 is 9.47 Å². The summed E-state index contributed by atoms with van der Waals surface area (Å²) in [6, 6.07) is 0. The number of carbonyl (C=O) groups is 2. The smallest absolute Gasteiger partial charge is 0.326 e. The van der Waals surface area contributed by atoms with Gasteiger partial charge in [-0.05, 0) is 25.2 Å². The molecule has 0 aromatic rings. The number of carbonyl (C=O) groups excluding carboxylic acids is 2. The summed E-state index contributed by atoms with van der Waals surface area (Å²) in [5.41, 5.74) is -1.05. The van der Waals surface area contributed by atoms with Gasteiger partial charge in [0.05, 0.1) is 0 Å². The van der Waals surface area contributed by atoms with Gasteiger partial charge >= 0.3 is 11.9 Å². The Kier molecular flexibility index (Phi) is 3.72. The molecule has 0 bridgehead atoms. The van der Waals surface area contributed by atoms with Gasteiger partial charge in [-0.2, -0.15) is 0 Å². The van der Waals surface area contributed by atoms with Crippen LogP contribution in [0.4, 0.5) is 0 Å². The molecule has 15 heavy (non-hydrogen) atoms. The fourth-order valence-electron chi connectivity index (χ4n) is 1.70. The van der Waals surface area contributed by atoms with Gasteiger partial charge in [0.15, 0.2) is 5.41 Å². The van der Waals surface area contributed by atoms with E-state index < -0.39 is 17.4 Å². The maximum atomic E-state index is 11.6. The highest BCUT2D eigenvalue weighted by atomic mass is 16.7. The number of hydrogen-bond donors (Lipinski definition) is 0. The molecule has 1 saturated heterocycles. The van der Waals surface area contributed by atoms with Crippen molar-refractivity contribution < 1.29 is 19.1 Å². The quantitative estimate of drug-likeness (QED) is 0.529. The minimum Gasteiger partial charge on any atom is -0.427 e. The van der Waals surface area contributed by atoms with Crippen molar-refractivity contribution in [2.75, 3.05) is 6.79 Å². The lowest BCUT2D eigenvalue weighted by Crippen LogP contribution is -2.46. The molecule has 0 unspecified atom stereocenters. The van der Waals surface area contributed by atoms with E-state index in [0.29, 0.717) is 18.8 Å². The molecule has 4 nitrogen and oxygen atoms in total. The number of rotatable bonds is 4. The van der Waals surface area contributed by atoms with E-state index in [1.54, 1.807) is 0 Å². The SMILES string of the molecule is CCC1(CCC(C)C)C(=O)OCOC1=O. The Hall–Kier alpha value is -1.06. The molecule has 0 radical (unpaired) electrons. The third kappa shape index (κ3) is 2.30. The fraction of sp³-hybridized carbons (Fsp3) is 0.818. The van der Waals surface area contributed by atoms with Crippen LogP contribution >= 0.6 is 0 Å². The molecule has 0 aliphatic carbocycles. The van der Waals surface area contributed by atoms with E-state index in [2.05, 4.69) is 13.8 Å². The van der Waals surface area contributed by atoms with E-state index in [1.165, 1.54) is 0 Å². The maximum Gasteiger partial charge on any atom is 0.326 e. The Labute approximate surface area is 89.9 Å². The van der Waals surface area contributed by atoms with Crippen molar-refractivity contribution in [1.82, 2.24) is 0 Å². The Bertz CT molecular complexity index is 241. The summed E-state index contributed by atoms with van der Waals surface area (Å²) in [6.45, 7) is 5.70. The molecule has 1 fully saturated rings. The van der Waals surface area contributed by atoms with Crippen molar-refractivity contribution in [1.29, 1.82) is 0 Å². The Morgan fingerprint density at radius 1 is 1.27 bits per heavy atom. The van der Waals surface area contributed by atoms with Gasteiger partial charge in [-0.3, -0.25) is 9.59 Å². The minimum absolute atomic E-state index is 0.235. The molecule has 0 aromatic heterocycles. The van der Waals surface area contributed by atoms with Crippen LogP contribution in [0, 0.1) is 11.3 Å². The van der Waals surface area contributed by atoms with Crippen LogP contribution in [-0.2, 0) is 19.1 Å². The lowest BCUT2D eigenvalue weighted by atomic mass is 9.78. The van der Waals surface area contributed by atoms with Crippen molar-refractivity contribution in [3.05, 3.63) is 0 Å². The lowest BCUT2D eigenvalue weighted by Gasteiger charge is -2.32. The minimum atomic E-state index is -1.05. The van der Waals surface area contributed by atoms with Crippen LogP contribution in [0.15, 0.2) is 0 Å². The first kappa shape index (κ1) is 12.0. The first-order valence-corrected chi connectivity index (χ1v) is 5.37. The second kappa shape index (κ2) is 4.64. The van der Waals surface area contributed by atoms with E-state index >= 15 is 0 Å². The van der Waals surface area contributed by atoms with Crippen LogP contribution < -0.4 is 0 Å². The van der Waals surface area contributed by atoms with Crippen LogP contribution in [0.3, 0.4) is 0 Å². The van der Waals surface area contributed by atoms with Gasteiger partial charge in [0.25, 0.3) is 0 Å². The van der Waals surface area contributed by atoms with Gasteiger partial charge in [0, 0.05) is 0 Å². The molecule has 0 spiro atoms. The molecule has 0 aromatic carbocycles. The summed E-state index contributed by atoms with van der Waals surface area (Å²) in [6.07, 6.45) is 1.77. The highest BCUT2D eigenvalue weighted by Crippen LogP contribution is 2.35. The Balaban J connectivity index is 2.79. The van der Waals surface area contributed by atoms with E-state index in [1.807, 2.05) is 6.92 Å². The molecule has 1 rings (SSSR count). The molecular formula is C11H18O4. The molecule has 4 heteroatoms. The molecule has 0 amide bonds. The topological polar surface area (TPSA) is 52.6 Å². The monoisotopic (exact) mass is 214 g/mol. The van der Waals surface area contributed by atoms with E-state index in [9.17, 15) is 9.59 Å². The van der Waals surface area contributed by atoms with Gasteiger partial charge in [-0.1, -0.05) is 20.8 Å². The zero-order valence-electron chi connectivity index (χ0n) is 9.54. The molecule has 0 N–H and O–H groups in total. The zero-order chi connectivity index (χ0) is 11.5. The molecular weight excluding hydrogens is 196 g/mol. The predicted molar refractivity (Wildman–Crippen MR) is 53.8 cm³/mol. The average molecular weight is 214 g/mol. The molecule has 0 atom stereocenters. The fourth-order valence-corrected chi connectivity index (χ4v) is 1.70. The standard InChI is InChI=1S/C11H18O4/c1-4-11(6-5-8(2)3)9(12)14-7-15-10(11)13/h8H,4-7H2,1-3H3. The number of hydrogen-bond acceptors (Lipinski definition) is 4. The van der Waals surface area contributed by atoms with Crippen molar-refractivity contribution in [2.24, 2.45) is 11.3 Å². The van der Waals surface area contributed by atoms with Crippen molar-refractivity contribution in [3.8, 4) is 0 Å². The van der Waals surface area contributed by atoms with Crippen LogP contribution in [0.5, 0.6) is 0 Å². The number of cyclic esters (lactones) is 2. The average Bonchev–Trinajstić information content (AvgIpc) is 2.18. The summed E-state index contributed by atoms with van der Waals surface area (Å²) < 4.78 is 9.61. The number of ether oxygens (including phenoxy) is 2. The molecule has 1 aliphatic rings. The first-order valence-electron chi connectivity index (χ1n) is 5.37. The lowest BCUT2D eigenvalue weighted by molar-refractivity contribution is -0.203. The van der Waals surface area contributed by atoms with Crippen molar-refractivity contribution in [3.63, 3.8) is 0 Å². The third-order valence-electron chi connectivity index (χ3n) is 2.91. The Morgan fingerprint density at radius 3 is 2.20 bits per heavy atom. The van der Waals surface area contributed by atoms with Crippen LogP contribution in [-0.4, -0.2) is 18.7 Å². The molecule has 0 saturated carbocycles. The van der Waals surface area contributed by atoms with Gasteiger partial charge in [0.1, 0.15) is 0 Å². The first-order chi connectivity index (χ1) is 7.03. The molecule has 86 valence electrons. The van der Waals surface area contributed by atoms with Gasteiger partial charge in [-0.25, -0.2) is 0 Å². The van der Waals surface area contributed by atoms with Gasteiger partial charge in [-0.15, -0.1) is 0 Å². The number of esters is 2. The Morgan fingerprint density at radius 2 is 1.80 bits per heavy atom. The third-order valence-corrected chi connectivity index (χ3v) is 2.91. The second-order valence-electron chi connectivity index (χ2n) is 4.35. The van der Waals surface area contributed by atoms with Crippen LogP contribution in [0.2, 0.25) is 0 Å². The summed E-state index contributed by atoms with van der Waals surface area (Å²) in [5, 5.41) is 0. The van der Waals surface area contributed by atoms with E-state index in [-0.39, 0.29) is 6.79 Å². The summed E-state index contributed by atoms with van der Waals surface area (Å²) in [7, 11) is 0. The van der Waals surface area contributed by atoms with Crippen molar-refractivity contribution >= 4 is 11.9 Å². The van der Waals surface area contributed by atoms with Crippen LogP contribution in [0.25, 0.3) is 0 Å². The van der Waals surface area contributed by atoms with E-state index in [0.717, 1.165) is 6.42 Å². The highest BCUT2D eigenvalue weighted by molar-refractivity contribution is 6.01. The highest BCUT2D eigenvalue weighted by Gasteiger charge is 2.49. The van der Waals surface area contributed by atoms with Gasteiger partial charge in [0.2, 0.25) is 6.79 Å².